The van der Waals surface area contributed by atoms with E-state index in [4.69, 9.17) is 0 Å². The fourth-order valence-electron chi connectivity index (χ4n) is 2.12. The molecule has 0 aromatic heterocycles. The van der Waals surface area contributed by atoms with Gasteiger partial charge in [0.05, 0.1) is 12.1 Å². The highest BCUT2D eigenvalue weighted by atomic mass is 16.3. The van der Waals surface area contributed by atoms with E-state index in [2.05, 4.69) is 0 Å². The molecule has 1 heterocycles. The van der Waals surface area contributed by atoms with Crippen molar-refractivity contribution in [2.75, 3.05) is 11.9 Å². The fourth-order valence-corrected chi connectivity index (χ4v) is 2.12. The Bertz CT molecular complexity index is 349. The normalized spacial score (nSPS) is 22.2. The van der Waals surface area contributed by atoms with Crippen molar-refractivity contribution in [3.8, 4) is 5.75 Å². The van der Waals surface area contributed by atoms with Crippen LogP contribution in [0.1, 0.15) is 12.5 Å². The number of nitrogens with zero attached hydrogens (tertiary/aromatic N) is 1. The average molecular weight is 193 g/mol. The summed E-state index contributed by atoms with van der Waals surface area (Å²) in [5.41, 5.74) is 1.97. The van der Waals surface area contributed by atoms with Crippen molar-refractivity contribution in [2.45, 2.75) is 25.5 Å². The maximum Gasteiger partial charge on any atom is 0.120 e. The Hall–Kier alpha value is -1.22. The lowest BCUT2D eigenvalue weighted by Gasteiger charge is -2.24. The molecule has 0 bridgehead atoms. The van der Waals surface area contributed by atoms with Crippen LogP contribution in [0.3, 0.4) is 0 Å². The maximum absolute atomic E-state index is 9.64. The first-order chi connectivity index (χ1) is 6.61. The van der Waals surface area contributed by atoms with Gasteiger partial charge in [-0.25, -0.2) is 0 Å². The van der Waals surface area contributed by atoms with Gasteiger partial charge in [0, 0.05) is 24.7 Å². The number of likely N-dealkylation sites (N-methyl/N-ethyl adjacent to an activating group) is 1. The first kappa shape index (κ1) is 9.34. The molecule has 0 saturated carbocycles. The molecule has 0 fully saturated rings. The zero-order valence-electron chi connectivity index (χ0n) is 8.44. The van der Waals surface area contributed by atoms with E-state index in [9.17, 15) is 10.2 Å². The molecule has 2 rings (SSSR count). The van der Waals surface area contributed by atoms with Gasteiger partial charge in [-0.1, -0.05) is 6.07 Å². The number of fused-ring (bicyclic) bond motifs is 1. The van der Waals surface area contributed by atoms with Crippen molar-refractivity contribution in [1.29, 1.82) is 0 Å². The lowest BCUT2D eigenvalue weighted by molar-refractivity contribution is 0.164. The number of anilines is 1. The zero-order chi connectivity index (χ0) is 10.3. The number of phenols is 1. The molecular weight excluding hydrogens is 178 g/mol. The molecule has 1 aromatic rings. The average Bonchev–Trinajstić information content (AvgIpc) is 2.46. The molecule has 0 saturated heterocycles. The smallest absolute Gasteiger partial charge is 0.120 e. The molecule has 2 N–H and O–H groups in total. The molecule has 3 nitrogen and oxygen atoms in total. The minimum absolute atomic E-state index is 0.0818. The molecule has 1 aromatic carbocycles. The van der Waals surface area contributed by atoms with Crippen molar-refractivity contribution in [3.63, 3.8) is 0 Å². The maximum atomic E-state index is 9.64. The van der Waals surface area contributed by atoms with Crippen molar-refractivity contribution in [2.24, 2.45) is 0 Å². The van der Waals surface area contributed by atoms with Gasteiger partial charge in [-0.3, -0.25) is 0 Å². The van der Waals surface area contributed by atoms with Crippen LogP contribution in [0.15, 0.2) is 18.2 Å². The minimum atomic E-state index is -0.383. The second kappa shape index (κ2) is 3.17. The molecule has 76 valence electrons. The number of phenolic OH excluding ortho intramolecular Hbond substituents is 1. The molecule has 3 heteroatoms. The Kier molecular flexibility index (Phi) is 2.11. The van der Waals surface area contributed by atoms with Crippen LogP contribution in [-0.2, 0) is 6.42 Å². The molecule has 2 unspecified atom stereocenters. The van der Waals surface area contributed by atoms with E-state index in [1.165, 1.54) is 0 Å². The summed E-state index contributed by atoms with van der Waals surface area (Å²) >= 11 is 0. The van der Waals surface area contributed by atoms with E-state index in [0.717, 1.165) is 17.7 Å². The number of hydrogen-bond donors (Lipinski definition) is 2. The van der Waals surface area contributed by atoms with Gasteiger partial charge in [0.1, 0.15) is 5.75 Å². The zero-order valence-corrected chi connectivity index (χ0v) is 8.44. The number of rotatable bonds is 1. The third-order valence-corrected chi connectivity index (χ3v) is 2.97. The number of benzene rings is 1. The SMILES string of the molecule is CC(O)C1Cc2c(O)cccc2N1C. The van der Waals surface area contributed by atoms with Gasteiger partial charge in [-0.2, -0.15) is 0 Å². The number of aliphatic hydroxyl groups is 1. The Morgan fingerprint density at radius 1 is 1.50 bits per heavy atom. The quantitative estimate of drug-likeness (QED) is 0.702. The summed E-state index contributed by atoms with van der Waals surface area (Å²) in [6.45, 7) is 1.78. The summed E-state index contributed by atoms with van der Waals surface area (Å²) in [7, 11) is 1.95. The van der Waals surface area contributed by atoms with E-state index >= 15 is 0 Å². The van der Waals surface area contributed by atoms with Gasteiger partial charge in [0.25, 0.3) is 0 Å². The second-order valence-electron chi connectivity index (χ2n) is 3.90. The number of aliphatic hydroxyl groups excluding tert-OH is 1. The third kappa shape index (κ3) is 1.24. The summed E-state index contributed by atoms with van der Waals surface area (Å²) in [6.07, 6.45) is 0.336. The lowest BCUT2D eigenvalue weighted by Crippen LogP contribution is -2.37. The summed E-state index contributed by atoms with van der Waals surface area (Å²) in [5.74, 6) is 0.331. The van der Waals surface area contributed by atoms with Gasteiger partial charge in [0.2, 0.25) is 0 Å². The van der Waals surface area contributed by atoms with Crippen LogP contribution in [0.5, 0.6) is 5.75 Å². The summed E-state index contributed by atoms with van der Waals surface area (Å²) < 4.78 is 0. The van der Waals surface area contributed by atoms with Crippen LogP contribution >= 0.6 is 0 Å². The minimum Gasteiger partial charge on any atom is -0.508 e. The fraction of sp³-hybridized carbons (Fsp3) is 0.455. The van der Waals surface area contributed by atoms with E-state index in [1.807, 2.05) is 24.1 Å². The Morgan fingerprint density at radius 3 is 2.79 bits per heavy atom. The number of hydrogen-bond acceptors (Lipinski definition) is 3. The van der Waals surface area contributed by atoms with Crippen molar-refractivity contribution in [1.82, 2.24) is 0 Å². The molecule has 2 atom stereocenters. The van der Waals surface area contributed by atoms with Crippen LogP contribution in [-0.4, -0.2) is 29.4 Å². The van der Waals surface area contributed by atoms with E-state index in [-0.39, 0.29) is 12.1 Å². The largest absolute Gasteiger partial charge is 0.508 e. The highest BCUT2D eigenvalue weighted by Crippen LogP contribution is 2.37. The van der Waals surface area contributed by atoms with Gasteiger partial charge in [0.15, 0.2) is 0 Å². The molecule has 0 amide bonds. The van der Waals surface area contributed by atoms with Crippen LogP contribution in [0, 0.1) is 0 Å². The highest BCUT2D eigenvalue weighted by Gasteiger charge is 2.31. The Labute approximate surface area is 83.6 Å². The van der Waals surface area contributed by atoms with Crippen LogP contribution in [0.2, 0.25) is 0 Å². The predicted octanol–water partition coefficient (Wildman–Crippen LogP) is 1.13. The van der Waals surface area contributed by atoms with Crippen LogP contribution in [0.4, 0.5) is 5.69 Å². The molecule has 0 radical (unpaired) electrons. The highest BCUT2D eigenvalue weighted by molar-refractivity contribution is 5.63. The van der Waals surface area contributed by atoms with Crippen LogP contribution in [0.25, 0.3) is 0 Å². The first-order valence-corrected chi connectivity index (χ1v) is 4.83. The van der Waals surface area contributed by atoms with Crippen molar-refractivity contribution in [3.05, 3.63) is 23.8 Å². The van der Waals surface area contributed by atoms with E-state index in [1.54, 1.807) is 13.0 Å². The Balaban J connectivity index is 2.40. The van der Waals surface area contributed by atoms with Crippen LogP contribution < -0.4 is 4.90 Å². The third-order valence-electron chi connectivity index (χ3n) is 2.97. The second-order valence-corrected chi connectivity index (χ2v) is 3.90. The summed E-state index contributed by atoms with van der Waals surface area (Å²) in [4.78, 5) is 2.03. The van der Waals surface area contributed by atoms with Gasteiger partial charge < -0.3 is 15.1 Å². The summed E-state index contributed by atoms with van der Waals surface area (Å²) in [6, 6.07) is 5.57. The Morgan fingerprint density at radius 2 is 2.21 bits per heavy atom. The standard InChI is InChI=1S/C11H15NO2/c1-7(13)10-6-8-9(12(10)2)4-3-5-11(8)14/h3-5,7,10,13-14H,6H2,1-2H3. The van der Waals surface area contributed by atoms with E-state index in [0.29, 0.717) is 5.75 Å². The lowest BCUT2D eigenvalue weighted by atomic mass is 10.1. The molecule has 1 aliphatic heterocycles. The topological polar surface area (TPSA) is 43.7 Å². The predicted molar refractivity (Wildman–Crippen MR) is 55.7 cm³/mol. The van der Waals surface area contributed by atoms with Gasteiger partial charge >= 0.3 is 0 Å². The van der Waals surface area contributed by atoms with E-state index < -0.39 is 0 Å². The molecule has 1 aliphatic rings. The molecule has 14 heavy (non-hydrogen) atoms. The molecular formula is C11H15NO2. The monoisotopic (exact) mass is 193 g/mol. The molecule has 0 spiro atoms. The summed E-state index contributed by atoms with van der Waals surface area (Å²) in [5, 5.41) is 19.2. The van der Waals surface area contributed by atoms with Crippen molar-refractivity contribution >= 4 is 5.69 Å². The first-order valence-electron chi connectivity index (χ1n) is 4.83. The number of aromatic hydroxyl groups is 1. The van der Waals surface area contributed by atoms with Gasteiger partial charge in [-0.05, 0) is 19.1 Å². The molecule has 0 aliphatic carbocycles. The van der Waals surface area contributed by atoms with Gasteiger partial charge in [-0.15, -0.1) is 0 Å². The van der Waals surface area contributed by atoms with Crippen molar-refractivity contribution < 1.29 is 10.2 Å².